The molecule has 0 spiro atoms. The maximum absolute atomic E-state index is 3.71. The van der Waals surface area contributed by atoms with Crippen LogP contribution in [0.25, 0.3) is 0 Å². The van der Waals surface area contributed by atoms with Gasteiger partial charge in [0.25, 0.3) is 0 Å². The predicted octanol–water partition coefficient (Wildman–Crippen LogP) is 3.09. The van der Waals surface area contributed by atoms with Gasteiger partial charge in [0.1, 0.15) is 0 Å². The molecule has 4 heteroatoms. The van der Waals surface area contributed by atoms with Gasteiger partial charge < -0.3 is 15.1 Å². The number of nitrogens with one attached hydrogen (secondary N) is 1. The summed E-state index contributed by atoms with van der Waals surface area (Å²) in [6.07, 6.45) is 0. The molecule has 0 saturated carbocycles. The Bertz CT molecular complexity index is 447. The summed E-state index contributed by atoms with van der Waals surface area (Å²) in [4.78, 5) is 4.90. The maximum Gasteiger partial charge on any atom is 0.0378 e. The first-order chi connectivity index (χ1) is 9.47. The third-order valence-corrected chi connectivity index (χ3v) is 4.80. The van der Waals surface area contributed by atoms with Gasteiger partial charge in [0.05, 0.1) is 0 Å². The van der Waals surface area contributed by atoms with E-state index < -0.39 is 0 Å². The Kier molecular flexibility index (Phi) is 5.47. The Morgan fingerprint density at radius 2 is 2.10 bits per heavy atom. The van der Waals surface area contributed by atoms with Crippen molar-refractivity contribution in [3.63, 3.8) is 0 Å². The molecule has 1 aromatic carbocycles. The number of hydrogen-bond acceptors (Lipinski definition) is 3. The number of hydrogen-bond donors (Lipinski definition) is 1. The molecule has 0 bridgehead atoms. The van der Waals surface area contributed by atoms with E-state index in [1.807, 2.05) is 0 Å². The summed E-state index contributed by atoms with van der Waals surface area (Å²) in [5.74, 6) is 0. The number of rotatable bonds is 4. The molecule has 0 radical (unpaired) electrons. The summed E-state index contributed by atoms with van der Waals surface area (Å²) >= 11 is 3.71. The minimum atomic E-state index is 0.514. The molecule has 1 unspecified atom stereocenters. The van der Waals surface area contributed by atoms with Crippen molar-refractivity contribution in [1.29, 1.82) is 0 Å². The lowest BCUT2D eigenvalue weighted by molar-refractivity contribution is 0.234. The highest BCUT2D eigenvalue weighted by Crippen LogP contribution is 2.26. The monoisotopic (exact) mass is 339 g/mol. The van der Waals surface area contributed by atoms with Gasteiger partial charge in [-0.25, -0.2) is 0 Å². The normalized spacial score (nSPS) is 20.7. The fourth-order valence-electron chi connectivity index (χ4n) is 2.47. The number of piperazine rings is 1. The van der Waals surface area contributed by atoms with Crippen LogP contribution >= 0.6 is 15.9 Å². The average Bonchev–Trinajstić information content (AvgIpc) is 2.40. The third kappa shape index (κ3) is 3.96. The van der Waals surface area contributed by atoms with Crippen molar-refractivity contribution in [3.05, 3.63) is 28.2 Å². The summed E-state index contributed by atoms with van der Waals surface area (Å²) in [7, 11) is 2.21. The van der Waals surface area contributed by atoms with E-state index in [-0.39, 0.29) is 0 Å². The molecule has 1 N–H and O–H groups in total. The van der Waals surface area contributed by atoms with Crippen LogP contribution in [0.15, 0.2) is 22.7 Å². The molecule has 0 aromatic heterocycles. The first-order valence-corrected chi connectivity index (χ1v) is 8.23. The Labute approximate surface area is 131 Å². The smallest absolute Gasteiger partial charge is 0.0378 e. The van der Waals surface area contributed by atoms with Gasteiger partial charge in [0.2, 0.25) is 0 Å². The highest BCUT2D eigenvalue weighted by Gasteiger charge is 2.21. The standard InChI is InChI=1S/C16H26BrN3/c1-12(2)18-10-14-5-6-15(9-16(14)17)20-8-7-19(4)13(3)11-20/h5-6,9,12-13,18H,7-8,10-11H2,1-4H3. The van der Waals surface area contributed by atoms with Crippen LogP contribution in [0.2, 0.25) is 0 Å². The van der Waals surface area contributed by atoms with Crippen LogP contribution in [0.1, 0.15) is 26.3 Å². The molecule has 0 aliphatic carbocycles. The van der Waals surface area contributed by atoms with Crippen LogP contribution in [0.3, 0.4) is 0 Å². The van der Waals surface area contributed by atoms with E-state index in [1.54, 1.807) is 0 Å². The summed E-state index contributed by atoms with van der Waals surface area (Å²) in [6.45, 7) is 10.9. The number of benzene rings is 1. The quantitative estimate of drug-likeness (QED) is 0.909. The van der Waals surface area contributed by atoms with Crippen molar-refractivity contribution in [2.45, 2.75) is 39.4 Å². The van der Waals surface area contributed by atoms with Gasteiger partial charge in [-0.05, 0) is 31.7 Å². The van der Waals surface area contributed by atoms with Gasteiger partial charge in [0.15, 0.2) is 0 Å². The number of halogens is 1. The zero-order chi connectivity index (χ0) is 14.7. The van der Waals surface area contributed by atoms with E-state index in [0.29, 0.717) is 12.1 Å². The molecule has 1 saturated heterocycles. The van der Waals surface area contributed by atoms with Crippen molar-refractivity contribution < 1.29 is 0 Å². The van der Waals surface area contributed by atoms with E-state index in [4.69, 9.17) is 0 Å². The van der Waals surface area contributed by atoms with Crippen LogP contribution in [-0.2, 0) is 6.54 Å². The fraction of sp³-hybridized carbons (Fsp3) is 0.625. The fourth-order valence-corrected chi connectivity index (χ4v) is 2.98. The molecule has 1 aromatic rings. The zero-order valence-electron chi connectivity index (χ0n) is 13.0. The molecule has 1 fully saturated rings. The van der Waals surface area contributed by atoms with Crippen molar-refractivity contribution in [3.8, 4) is 0 Å². The molecular weight excluding hydrogens is 314 g/mol. The number of likely N-dealkylation sites (N-methyl/N-ethyl adjacent to an activating group) is 1. The SMILES string of the molecule is CC(C)NCc1ccc(N2CCN(C)C(C)C2)cc1Br. The Hall–Kier alpha value is -0.580. The molecule has 1 heterocycles. The lowest BCUT2D eigenvalue weighted by Gasteiger charge is -2.39. The average molecular weight is 340 g/mol. The summed E-state index contributed by atoms with van der Waals surface area (Å²) < 4.78 is 1.20. The van der Waals surface area contributed by atoms with Crippen molar-refractivity contribution in [2.24, 2.45) is 0 Å². The van der Waals surface area contributed by atoms with Crippen molar-refractivity contribution >= 4 is 21.6 Å². The van der Waals surface area contributed by atoms with Crippen LogP contribution in [0.4, 0.5) is 5.69 Å². The minimum Gasteiger partial charge on any atom is -0.369 e. The van der Waals surface area contributed by atoms with Gasteiger partial charge in [0, 0.05) is 48.4 Å². The van der Waals surface area contributed by atoms with E-state index in [9.17, 15) is 0 Å². The van der Waals surface area contributed by atoms with Crippen molar-refractivity contribution in [2.75, 3.05) is 31.6 Å². The molecule has 3 nitrogen and oxygen atoms in total. The highest BCUT2D eigenvalue weighted by molar-refractivity contribution is 9.10. The summed E-state index contributed by atoms with van der Waals surface area (Å²) in [6, 6.07) is 7.87. The highest BCUT2D eigenvalue weighted by atomic mass is 79.9. The van der Waals surface area contributed by atoms with E-state index in [1.165, 1.54) is 15.7 Å². The van der Waals surface area contributed by atoms with Gasteiger partial charge in [-0.15, -0.1) is 0 Å². The second-order valence-corrected chi connectivity index (χ2v) is 6.94. The van der Waals surface area contributed by atoms with Crippen LogP contribution in [0.5, 0.6) is 0 Å². The second kappa shape index (κ2) is 6.92. The topological polar surface area (TPSA) is 18.5 Å². The first kappa shape index (κ1) is 15.8. The number of anilines is 1. The van der Waals surface area contributed by atoms with E-state index in [0.717, 1.165) is 26.2 Å². The zero-order valence-corrected chi connectivity index (χ0v) is 14.6. The first-order valence-electron chi connectivity index (χ1n) is 7.44. The summed E-state index contributed by atoms with van der Waals surface area (Å²) in [5, 5.41) is 3.46. The second-order valence-electron chi connectivity index (χ2n) is 6.09. The molecule has 1 aliphatic rings. The number of nitrogens with zero attached hydrogens (tertiary/aromatic N) is 2. The molecule has 20 heavy (non-hydrogen) atoms. The van der Waals surface area contributed by atoms with E-state index in [2.05, 4.69) is 77.1 Å². The van der Waals surface area contributed by atoms with E-state index >= 15 is 0 Å². The van der Waals surface area contributed by atoms with Gasteiger partial charge in [-0.2, -0.15) is 0 Å². The lowest BCUT2D eigenvalue weighted by atomic mass is 10.1. The van der Waals surface area contributed by atoms with Crippen LogP contribution in [0, 0.1) is 0 Å². The molecule has 0 amide bonds. The largest absolute Gasteiger partial charge is 0.369 e. The Morgan fingerprint density at radius 1 is 1.35 bits per heavy atom. The molecule has 112 valence electrons. The molecular formula is C16H26BrN3. The van der Waals surface area contributed by atoms with Crippen LogP contribution in [-0.4, -0.2) is 43.7 Å². The maximum atomic E-state index is 3.71. The molecule has 2 rings (SSSR count). The predicted molar refractivity (Wildman–Crippen MR) is 90.4 cm³/mol. The van der Waals surface area contributed by atoms with Crippen molar-refractivity contribution in [1.82, 2.24) is 10.2 Å². The van der Waals surface area contributed by atoms with Gasteiger partial charge in [-0.3, -0.25) is 0 Å². The molecule has 1 aliphatic heterocycles. The molecule has 1 atom stereocenters. The van der Waals surface area contributed by atoms with Crippen LogP contribution < -0.4 is 10.2 Å². The third-order valence-electron chi connectivity index (χ3n) is 4.06. The summed E-state index contributed by atoms with van der Waals surface area (Å²) in [5.41, 5.74) is 2.65. The van der Waals surface area contributed by atoms with Gasteiger partial charge >= 0.3 is 0 Å². The lowest BCUT2D eigenvalue weighted by Crippen LogP contribution is -2.50. The van der Waals surface area contributed by atoms with Gasteiger partial charge in [-0.1, -0.05) is 35.8 Å². The minimum absolute atomic E-state index is 0.514. The Balaban J connectivity index is 2.05. The Morgan fingerprint density at radius 3 is 2.70 bits per heavy atom.